The van der Waals surface area contributed by atoms with Crippen LogP contribution in [-0.4, -0.2) is 13.7 Å². The van der Waals surface area contributed by atoms with E-state index in [-0.39, 0.29) is 0 Å². The maximum atomic E-state index is 5.17. The smallest absolute Gasteiger partial charge is 0.118 e. The third-order valence-electron chi connectivity index (χ3n) is 3.91. The molecule has 0 radical (unpaired) electrons. The number of hydrogen-bond donors (Lipinski definition) is 1. The van der Waals surface area contributed by atoms with Crippen LogP contribution in [0.1, 0.15) is 36.6 Å². The minimum absolute atomic E-state index is 0.383. The van der Waals surface area contributed by atoms with Crippen LogP contribution in [-0.2, 0) is 12.8 Å². The summed E-state index contributed by atoms with van der Waals surface area (Å²) in [5.74, 6) is 0.913. The maximum Gasteiger partial charge on any atom is 0.118 e. The van der Waals surface area contributed by atoms with Gasteiger partial charge in [0.2, 0.25) is 0 Å². The molecule has 21 heavy (non-hydrogen) atoms. The molecular weight excluding hydrogens is 258 g/mol. The lowest BCUT2D eigenvalue weighted by atomic mass is 10.0. The van der Waals surface area contributed by atoms with Crippen molar-refractivity contribution in [2.75, 3.05) is 13.7 Å². The third-order valence-corrected chi connectivity index (χ3v) is 3.91. The van der Waals surface area contributed by atoms with Crippen molar-refractivity contribution in [2.24, 2.45) is 0 Å². The molecular formula is C19H25NO. The van der Waals surface area contributed by atoms with E-state index in [1.807, 2.05) is 12.1 Å². The molecule has 2 aromatic carbocycles. The summed E-state index contributed by atoms with van der Waals surface area (Å²) < 4.78 is 5.17. The highest BCUT2D eigenvalue weighted by atomic mass is 16.5. The summed E-state index contributed by atoms with van der Waals surface area (Å²) in [6.45, 7) is 5.38. The Labute approximate surface area is 128 Å². The molecule has 1 atom stereocenters. The summed E-state index contributed by atoms with van der Waals surface area (Å²) in [7, 11) is 1.70. The molecule has 0 aliphatic carbocycles. The van der Waals surface area contributed by atoms with E-state index in [4.69, 9.17) is 4.74 Å². The van der Waals surface area contributed by atoms with Crippen LogP contribution >= 0.6 is 0 Å². The Morgan fingerprint density at radius 1 is 0.952 bits per heavy atom. The van der Waals surface area contributed by atoms with Gasteiger partial charge in [0.25, 0.3) is 0 Å². The van der Waals surface area contributed by atoms with Crippen molar-refractivity contribution in [3.8, 4) is 5.75 Å². The zero-order valence-electron chi connectivity index (χ0n) is 13.2. The van der Waals surface area contributed by atoms with Gasteiger partial charge in [-0.15, -0.1) is 0 Å². The van der Waals surface area contributed by atoms with Crippen molar-refractivity contribution in [1.82, 2.24) is 5.32 Å². The maximum absolute atomic E-state index is 5.17. The molecule has 0 saturated heterocycles. The molecule has 0 bridgehead atoms. The van der Waals surface area contributed by atoms with E-state index >= 15 is 0 Å². The minimum Gasteiger partial charge on any atom is -0.497 e. The van der Waals surface area contributed by atoms with Crippen molar-refractivity contribution < 1.29 is 4.74 Å². The number of nitrogens with one attached hydrogen (secondary N) is 1. The first kappa shape index (κ1) is 15.6. The van der Waals surface area contributed by atoms with Gasteiger partial charge >= 0.3 is 0 Å². The van der Waals surface area contributed by atoms with E-state index in [0.29, 0.717) is 6.04 Å². The normalized spacial score (nSPS) is 12.1. The predicted molar refractivity (Wildman–Crippen MR) is 88.9 cm³/mol. The van der Waals surface area contributed by atoms with E-state index in [1.54, 1.807) is 7.11 Å². The minimum atomic E-state index is 0.383. The fraction of sp³-hybridized carbons (Fsp3) is 0.368. The monoisotopic (exact) mass is 283 g/mol. The first-order valence-electron chi connectivity index (χ1n) is 7.68. The van der Waals surface area contributed by atoms with Gasteiger partial charge in [0.05, 0.1) is 7.11 Å². The van der Waals surface area contributed by atoms with Gasteiger partial charge in [-0.3, -0.25) is 0 Å². The van der Waals surface area contributed by atoms with Gasteiger partial charge in [-0.2, -0.15) is 0 Å². The van der Waals surface area contributed by atoms with Crippen molar-refractivity contribution >= 4 is 0 Å². The van der Waals surface area contributed by atoms with Gasteiger partial charge in [-0.1, -0.05) is 43.3 Å². The van der Waals surface area contributed by atoms with Crippen LogP contribution in [0.2, 0.25) is 0 Å². The number of ether oxygens (including phenoxy) is 1. The molecule has 0 aliphatic rings. The SMILES string of the molecule is CCc1ccc(C(C)NCCc2ccc(OC)cc2)cc1. The Morgan fingerprint density at radius 2 is 1.57 bits per heavy atom. The highest BCUT2D eigenvalue weighted by Crippen LogP contribution is 2.14. The van der Waals surface area contributed by atoms with Gasteiger partial charge in [-0.05, 0) is 55.1 Å². The first-order chi connectivity index (χ1) is 10.2. The van der Waals surface area contributed by atoms with Crippen LogP contribution in [0, 0.1) is 0 Å². The van der Waals surface area contributed by atoms with E-state index in [1.165, 1.54) is 16.7 Å². The van der Waals surface area contributed by atoms with Crippen molar-refractivity contribution in [1.29, 1.82) is 0 Å². The first-order valence-corrected chi connectivity index (χ1v) is 7.68. The fourth-order valence-corrected chi connectivity index (χ4v) is 2.39. The number of methoxy groups -OCH3 is 1. The van der Waals surface area contributed by atoms with E-state index in [9.17, 15) is 0 Å². The molecule has 1 N–H and O–H groups in total. The number of rotatable bonds is 7. The Kier molecular flexibility index (Phi) is 5.82. The molecule has 2 heteroatoms. The second kappa shape index (κ2) is 7.84. The van der Waals surface area contributed by atoms with Crippen molar-refractivity contribution in [3.05, 3.63) is 65.2 Å². The Hall–Kier alpha value is -1.80. The summed E-state index contributed by atoms with van der Waals surface area (Å²) in [5.41, 5.74) is 4.07. The molecule has 0 aliphatic heterocycles. The van der Waals surface area contributed by atoms with Crippen LogP contribution in [0.5, 0.6) is 5.75 Å². The molecule has 0 amide bonds. The van der Waals surface area contributed by atoms with E-state index in [2.05, 4.69) is 55.6 Å². The predicted octanol–water partition coefficient (Wildman–Crippen LogP) is 4.15. The van der Waals surface area contributed by atoms with Gasteiger partial charge in [0.15, 0.2) is 0 Å². The molecule has 0 aromatic heterocycles. The fourth-order valence-electron chi connectivity index (χ4n) is 2.39. The number of benzene rings is 2. The van der Waals surface area contributed by atoms with Gasteiger partial charge in [-0.25, -0.2) is 0 Å². The second-order valence-corrected chi connectivity index (χ2v) is 5.37. The van der Waals surface area contributed by atoms with Gasteiger partial charge < -0.3 is 10.1 Å². The zero-order valence-corrected chi connectivity index (χ0v) is 13.2. The largest absolute Gasteiger partial charge is 0.497 e. The summed E-state index contributed by atoms with van der Waals surface area (Å²) in [5, 5.41) is 3.58. The Morgan fingerprint density at radius 3 is 2.14 bits per heavy atom. The molecule has 0 saturated carbocycles. The van der Waals surface area contributed by atoms with Crippen LogP contribution in [0.15, 0.2) is 48.5 Å². The van der Waals surface area contributed by atoms with Crippen LogP contribution < -0.4 is 10.1 Å². The zero-order chi connectivity index (χ0) is 15.1. The van der Waals surface area contributed by atoms with E-state index < -0.39 is 0 Å². The summed E-state index contributed by atoms with van der Waals surface area (Å²) >= 11 is 0. The van der Waals surface area contributed by atoms with Crippen LogP contribution in [0.25, 0.3) is 0 Å². The Balaban J connectivity index is 1.81. The lowest BCUT2D eigenvalue weighted by Crippen LogP contribution is -2.21. The highest BCUT2D eigenvalue weighted by Gasteiger charge is 2.04. The average Bonchev–Trinajstić information content (AvgIpc) is 2.55. The Bertz CT molecular complexity index is 530. The molecule has 0 spiro atoms. The summed E-state index contributed by atoms with van der Waals surface area (Å²) in [6.07, 6.45) is 2.13. The summed E-state index contributed by atoms with van der Waals surface area (Å²) in [6, 6.07) is 17.6. The standard InChI is InChI=1S/C19H25NO/c1-4-16-5-9-18(10-6-16)15(2)20-14-13-17-7-11-19(21-3)12-8-17/h5-12,15,20H,4,13-14H2,1-3H3. The quantitative estimate of drug-likeness (QED) is 0.824. The van der Waals surface area contributed by atoms with Gasteiger partial charge in [0.1, 0.15) is 5.75 Å². The topological polar surface area (TPSA) is 21.3 Å². The lowest BCUT2D eigenvalue weighted by molar-refractivity contribution is 0.414. The molecule has 2 nitrogen and oxygen atoms in total. The molecule has 2 aromatic rings. The molecule has 1 unspecified atom stereocenters. The highest BCUT2D eigenvalue weighted by molar-refractivity contribution is 5.27. The van der Waals surface area contributed by atoms with Crippen molar-refractivity contribution in [2.45, 2.75) is 32.7 Å². The van der Waals surface area contributed by atoms with Gasteiger partial charge in [0, 0.05) is 6.04 Å². The third kappa shape index (κ3) is 4.61. The number of hydrogen-bond acceptors (Lipinski definition) is 2. The van der Waals surface area contributed by atoms with Crippen LogP contribution in [0.3, 0.4) is 0 Å². The average molecular weight is 283 g/mol. The summed E-state index contributed by atoms with van der Waals surface area (Å²) in [4.78, 5) is 0. The lowest BCUT2D eigenvalue weighted by Gasteiger charge is -2.15. The van der Waals surface area contributed by atoms with Crippen molar-refractivity contribution in [3.63, 3.8) is 0 Å². The molecule has 112 valence electrons. The molecule has 2 rings (SSSR count). The van der Waals surface area contributed by atoms with E-state index in [0.717, 1.165) is 25.1 Å². The molecule has 0 heterocycles. The van der Waals surface area contributed by atoms with Crippen LogP contribution in [0.4, 0.5) is 0 Å². The second-order valence-electron chi connectivity index (χ2n) is 5.37. The number of aryl methyl sites for hydroxylation is 1. The molecule has 0 fully saturated rings.